The number of nitrogens with zero attached hydrogens (tertiary/aromatic N) is 2. The molecule has 0 radical (unpaired) electrons. The number of ether oxygens (including phenoxy) is 1. The van der Waals surface area contributed by atoms with Gasteiger partial charge < -0.3 is 15.0 Å². The fourth-order valence-electron chi connectivity index (χ4n) is 2.21. The number of anilines is 1. The van der Waals surface area contributed by atoms with Gasteiger partial charge in [-0.3, -0.25) is 14.9 Å². The number of hydrogen-bond acceptors (Lipinski definition) is 5. The van der Waals surface area contributed by atoms with Gasteiger partial charge in [-0.25, -0.2) is 0 Å². The molecule has 1 aromatic rings. The number of nitrogens with one attached hydrogen (secondary N) is 1. The monoisotopic (exact) mass is 279 g/mol. The van der Waals surface area contributed by atoms with Crippen molar-refractivity contribution < 1.29 is 14.5 Å². The Bertz CT molecular complexity index is 532. The lowest BCUT2D eigenvalue weighted by Crippen LogP contribution is -2.44. The first-order valence-corrected chi connectivity index (χ1v) is 6.40. The molecule has 0 bridgehead atoms. The minimum atomic E-state index is -0.475. The number of nitro benzene ring substituents is 1. The van der Waals surface area contributed by atoms with E-state index in [0.717, 1.165) is 0 Å². The number of nitro groups is 1. The minimum Gasteiger partial charge on any atom is -0.383 e. The molecule has 1 amide bonds. The van der Waals surface area contributed by atoms with Gasteiger partial charge in [-0.15, -0.1) is 0 Å². The molecule has 1 heterocycles. The van der Waals surface area contributed by atoms with E-state index in [4.69, 9.17) is 4.74 Å². The zero-order valence-electron chi connectivity index (χ0n) is 11.5. The number of carbonyl (C=O) groups is 1. The number of hydrogen-bond donors (Lipinski definition) is 1. The Balaban J connectivity index is 2.24. The van der Waals surface area contributed by atoms with Gasteiger partial charge in [-0.1, -0.05) is 0 Å². The maximum absolute atomic E-state index is 12.4. The van der Waals surface area contributed by atoms with Crippen LogP contribution < -0.4 is 5.32 Å². The number of benzene rings is 1. The van der Waals surface area contributed by atoms with Gasteiger partial charge in [0.15, 0.2) is 0 Å². The van der Waals surface area contributed by atoms with E-state index < -0.39 is 4.92 Å². The van der Waals surface area contributed by atoms with Gasteiger partial charge in [0.05, 0.1) is 17.6 Å². The largest absolute Gasteiger partial charge is 0.383 e. The molecule has 1 aliphatic rings. The molecular formula is C13H17N3O4. The zero-order chi connectivity index (χ0) is 14.7. The number of morpholine rings is 1. The first-order chi connectivity index (χ1) is 9.52. The Morgan fingerprint density at radius 3 is 2.90 bits per heavy atom. The Hall–Kier alpha value is -2.15. The first kappa shape index (κ1) is 14.3. The lowest BCUT2D eigenvalue weighted by molar-refractivity contribution is -0.383. The Morgan fingerprint density at radius 2 is 2.30 bits per heavy atom. The van der Waals surface area contributed by atoms with E-state index in [9.17, 15) is 14.9 Å². The molecule has 0 aliphatic carbocycles. The molecule has 1 fully saturated rings. The van der Waals surface area contributed by atoms with Gasteiger partial charge in [0.2, 0.25) is 0 Å². The van der Waals surface area contributed by atoms with E-state index in [1.54, 1.807) is 11.9 Å². The summed E-state index contributed by atoms with van der Waals surface area (Å²) in [5.41, 5.74) is 0.732. The van der Waals surface area contributed by atoms with Crippen molar-refractivity contribution in [1.82, 2.24) is 4.90 Å². The third-order valence-electron chi connectivity index (χ3n) is 3.24. The van der Waals surface area contributed by atoms with Gasteiger partial charge in [-0.2, -0.15) is 0 Å². The second-order valence-corrected chi connectivity index (χ2v) is 4.67. The molecule has 20 heavy (non-hydrogen) atoms. The lowest BCUT2D eigenvalue weighted by atomic mass is 10.1. The predicted molar refractivity (Wildman–Crippen MR) is 74.0 cm³/mol. The van der Waals surface area contributed by atoms with Gasteiger partial charge in [0, 0.05) is 31.8 Å². The number of amides is 1. The highest BCUT2D eigenvalue weighted by atomic mass is 16.6. The molecule has 1 saturated heterocycles. The SMILES string of the molecule is CNc1cc(C(=O)N2CCOC(C)C2)ccc1[N+](=O)[O-]. The van der Waals surface area contributed by atoms with Crippen LogP contribution in [0.2, 0.25) is 0 Å². The van der Waals surface area contributed by atoms with Crippen molar-refractivity contribution in [2.45, 2.75) is 13.0 Å². The maximum atomic E-state index is 12.4. The Morgan fingerprint density at radius 1 is 1.55 bits per heavy atom. The van der Waals surface area contributed by atoms with Crippen LogP contribution in [0, 0.1) is 10.1 Å². The summed E-state index contributed by atoms with van der Waals surface area (Å²) in [6.45, 7) is 3.49. The summed E-state index contributed by atoms with van der Waals surface area (Å²) in [7, 11) is 1.59. The second kappa shape index (κ2) is 5.87. The molecular weight excluding hydrogens is 262 g/mol. The van der Waals surface area contributed by atoms with Gasteiger partial charge in [0.1, 0.15) is 5.69 Å². The fourth-order valence-corrected chi connectivity index (χ4v) is 2.21. The van der Waals surface area contributed by atoms with Crippen molar-refractivity contribution in [2.24, 2.45) is 0 Å². The molecule has 0 saturated carbocycles. The molecule has 7 nitrogen and oxygen atoms in total. The highest BCUT2D eigenvalue weighted by Gasteiger charge is 2.24. The van der Waals surface area contributed by atoms with Crippen LogP contribution in [0.25, 0.3) is 0 Å². The smallest absolute Gasteiger partial charge is 0.292 e. The van der Waals surface area contributed by atoms with Crippen molar-refractivity contribution >= 4 is 17.3 Å². The summed E-state index contributed by atoms with van der Waals surface area (Å²) >= 11 is 0. The maximum Gasteiger partial charge on any atom is 0.292 e. The molecule has 0 spiro atoms. The summed E-state index contributed by atoms with van der Waals surface area (Å²) in [5.74, 6) is -0.133. The molecule has 108 valence electrons. The van der Waals surface area contributed by atoms with E-state index in [1.807, 2.05) is 6.92 Å². The summed E-state index contributed by atoms with van der Waals surface area (Å²) in [6, 6.07) is 4.35. The van der Waals surface area contributed by atoms with Crippen molar-refractivity contribution in [2.75, 3.05) is 32.1 Å². The normalized spacial score (nSPS) is 18.7. The van der Waals surface area contributed by atoms with Crippen molar-refractivity contribution in [3.05, 3.63) is 33.9 Å². The molecule has 2 rings (SSSR count). The van der Waals surface area contributed by atoms with Crippen LogP contribution in [0.5, 0.6) is 0 Å². The van der Waals surface area contributed by atoms with E-state index >= 15 is 0 Å². The van der Waals surface area contributed by atoms with Crippen LogP contribution in [0.3, 0.4) is 0 Å². The molecule has 1 aliphatic heterocycles. The Kier molecular flexibility index (Phi) is 4.19. The standard InChI is InChI=1S/C13H17N3O4/c1-9-8-15(5-6-20-9)13(17)10-3-4-12(16(18)19)11(7-10)14-2/h3-4,7,9,14H,5-6,8H2,1-2H3. The van der Waals surface area contributed by atoms with E-state index in [0.29, 0.717) is 30.9 Å². The van der Waals surface area contributed by atoms with Crippen LogP contribution in [0.15, 0.2) is 18.2 Å². The lowest BCUT2D eigenvalue weighted by Gasteiger charge is -2.31. The molecule has 1 N–H and O–H groups in total. The third kappa shape index (κ3) is 2.88. The van der Waals surface area contributed by atoms with Gasteiger partial charge in [-0.05, 0) is 19.1 Å². The quantitative estimate of drug-likeness (QED) is 0.669. The molecule has 1 aromatic carbocycles. The van der Waals surface area contributed by atoms with Crippen LogP contribution in [0.4, 0.5) is 11.4 Å². The zero-order valence-corrected chi connectivity index (χ0v) is 11.5. The summed E-state index contributed by atoms with van der Waals surface area (Å²) < 4.78 is 5.39. The average Bonchev–Trinajstić information content (AvgIpc) is 2.45. The van der Waals surface area contributed by atoms with Gasteiger partial charge >= 0.3 is 0 Å². The summed E-state index contributed by atoms with van der Waals surface area (Å²) in [6.07, 6.45) is 0.00881. The average molecular weight is 279 g/mol. The van der Waals surface area contributed by atoms with Crippen molar-refractivity contribution in [3.63, 3.8) is 0 Å². The molecule has 0 aromatic heterocycles. The van der Waals surface area contributed by atoms with Crippen LogP contribution in [-0.4, -0.2) is 48.6 Å². The van der Waals surface area contributed by atoms with Crippen molar-refractivity contribution in [3.8, 4) is 0 Å². The molecule has 7 heteroatoms. The molecule has 1 atom stereocenters. The number of carbonyl (C=O) groups excluding carboxylic acids is 1. The Labute approximate surface area is 116 Å². The highest BCUT2D eigenvalue weighted by Crippen LogP contribution is 2.25. The topological polar surface area (TPSA) is 84.7 Å². The fraction of sp³-hybridized carbons (Fsp3) is 0.462. The van der Waals surface area contributed by atoms with Crippen LogP contribution >= 0.6 is 0 Å². The van der Waals surface area contributed by atoms with E-state index in [2.05, 4.69) is 5.32 Å². The predicted octanol–water partition coefficient (Wildman–Crippen LogP) is 1.50. The van der Waals surface area contributed by atoms with E-state index in [1.165, 1.54) is 18.2 Å². The summed E-state index contributed by atoms with van der Waals surface area (Å²) in [4.78, 5) is 24.5. The van der Waals surface area contributed by atoms with Crippen LogP contribution in [0.1, 0.15) is 17.3 Å². The first-order valence-electron chi connectivity index (χ1n) is 6.40. The van der Waals surface area contributed by atoms with Crippen LogP contribution in [-0.2, 0) is 4.74 Å². The highest BCUT2D eigenvalue weighted by molar-refractivity contribution is 5.96. The molecule has 1 unspecified atom stereocenters. The second-order valence-electron chi connectivity index (χ2n) is 4.67. The van der Waals surface area contributed by atoms with E-state index in [-0.39, 0.29) is 17.7 Å². The minimum absolute atomic E-state index is 0.00881. The summed E-state index contributed by atoms with van der Waals surface area (Å²) in [5, 5.41) is 13.6. The van der Waals surface area contributed by atoms with Crippen molar-refractivity contribution in [1.29, 1.82) is 0 Å². The third-order valence-corrected chi connectivity index (χ3v) is 3.24. The number of rotatable bonds is 3. The van der Waals surface area contributed by atoms with Gasteiger partial charge in [0.25, 0.3) is 11.6 Å².